The van der Waals surface area contributed by atoms with Gasteiger partial charge in [0, 0.05) is 12.6 Å². The van der Waals surface area contributed by atoms with Crippen LogP contribution in [0.5, 0.6) is 0 Å². The number of benzene rings is 1. The van der Waals surface area contributed by atoms with Gasteiger partial charge in [0.2, 0.25) is 0 Å². The van der Waals surface area contributed by atoms with Crippen LogP contribution in [0.15, 0.2) is 18.2 Å². The molecule has 0 heterocycles. The van der Waals surface area contributed by atoms with Gasteiger partial charge in [-0.25, -0.2) is 0 Å². The average Bonchev–Trinajstić information content (AvgIpc) is 2.36. The lowest BCUT2D eigenvalue weighted by Crippen LogP contribution is -2.35. The summed E-state index contributed by atoms with van der Waals surface area (Å²) >= 11 is 0. The van der Waals surface area contributed by atoms with Crippen LogP contribution in [0.25, 0.3) is 0 Å². The molecule has 106 valence electrons. The molecule has 19 heavy (non-hydrogen) atoms. The zero-order chi connectivity index (χ0) is 13.9. The Morgan fingerprint density at radius 3 is 2.21 bits per heavy atom. The van der Waals surface area contributed by atoms with Crippen LogP contribution < -0.4 is 5.32 Å². The molecule has 1 aliphatic carbocycles. The molecule has 0 aromatic heterocycles. The van der Waals surface area contributed by atoms with E-state index in [4.69, 9.17) is 0 Å². The molecule has 1 aliphatic rings. The summed E-state index contributed by atoms with van der Waals surface area (Å²) < 4.78 is 0. The van der Waals surface area contributed by atoms with E-state index in [9.17, 15) is 0 Å². The van der Waals surface area contributed by atoms with Gasteiger partial charge in [-0.05, 0) is 44.6 Å². The Morgan fingerprint density at radius 1 is 1.05 bits per heavy atom. The van der Waals surface area contributed by atoms with Crippen molar-refractivity contribution in [3.63, 3.8) is 0 Å². The van der Waals surface area contributed by atoms with Crippen molar-refractivity contribution in [3.8, 4) is 0 Å². The third-order valence-corrected chi connectivity index (χ3v) is 4.64. The Balaban J connectivity index is 1.95. The van der Waals surface area contributed by atoms with Gasteiger partial charge in [-0.15, -0.1) is 0 Å². The zero-order valence-electron chi connectivity index (χ0n) is 13.1. The van der Waals surface area contributed by atoms with Gasteiger partial charge in [0.1, 0.15) is 0 Å². The second-order valence-electron chi connectivity index (χ2n) is 6.89. The first-order valence-corrected chi connectivity index (χ1v) is 7.80. The number of aryl methyl sites for hydroxylation is 2. The van der Waals surface area contributed by atoms with Crippen molar-refractivity contribution in [2.45, 2.75) is 65.8 Å². The van der Waals surface area contributed by atoms with Crippen molar-refractivity contribution in [2.24, 2.45) is 5.41 Å². The fourth-order valence-corrected chi connectivity index (χ4v) is 3.36. The van der Waals surface area contributed by atoms with E-state index < -0.39 is 0 Å². The lowest BCUT2D eigenvalue weighted by molar-refractivity contribution is 0.202. The summed E-state index contributed by atoms with van der Waals surface area (Å²) in [4.78, 5) is 0. The molecule has 0 saturated heterocycles. The van der Waals surface area contributed by atoms with Crippen molar-refractivity contribution in [1.82, 2.24) is 5.32 Å². The normalized spacial score (nSPS) is 20.2. The van der Waals surface area contributed by atoms with Gasteiger partial charge in [-0.3, -0.25) is 0 Å². The third-order valence-electron chi connectivity index (χ3n) is 4.64. The topological polar surface area (TPSA) is 12.0 Å². The van der Waals surface area contributed by atoms with Crippen LogP contribution in [0.2, 0.25) is 0 Å². The molecule has 0 spiro atoms. The molecule has 0 aliphatic heterocycles. The summed E-state index contributed by atoms with van der Waals surface area (Å²) in [6.45, 7) is 10.3. The van der Waals surface area contributed by atoms with Gasteiger partial charge in [0.25, 0.3) is 0 Å². The minimum Gasteiger partial charge on any atom is -0.310 e. The van der Waals surface area contributed by atoms with Gasteiger partial charge in [0.05, 0.1) is 0 Å². The van der Waals surface area contributed by atoms with E-state index in [1.807, 2.05) is 0 Å². The molecule has 1 aromatic carbocycles. The van der Waals surface area contributed by atoms with Crippen LogP contribution in [0.3, 0.4) is 0 Å². The van der Waals surface area contributed by atoms with Crippen molar-refractivity contribution >= 4 is 0 Å². The van der Waals surface area contributed by atoms with Gasteiger partial charge >= 0.3 is 0 Å². The van der Waals surface area contributed by atoms with Crippen LogP contribution in [0.4, 0.5) is 0 Å². The zero-order valence-corrected chi connectivity index (χ0v) is 13.1. The third kappa shape index (κ3) is 4.07. The largest absolute Gasteiger partial charge is 0.310 e. The maximum Gasteiger partial charge on any atom is 0.0292 e. The molecule has 2 rings (SSSR count). The van der Waals surface area contributed by atoms with Crippen molar-refractivity contribution in [1.29, 1.82) is 0 Å². The molecule has 1 N–H and O–H groups in total. The van der Waals surface area contributed by atoms with E-state index in [1.165, 1.54) is 48.8 Å². The summed E-state index contributed by atoms with van der Waals surface area (Å²) in [5.74, 6) is 0. The second-order valence-corrected chi connectivity index (χ2v) is 6.89. The van der Waals surface area contributed by atoms with E-state index in [-0.39, 0.29) is 0 Å². The lowest BCUT2D eigenvalue weighted by atomic mass is 9.75. The highest BCUT2D eigenvalue weighted by atomic mass is 14.9. The summed E-state index contributed by atoms with van der Waals surface area (Å²) in [6.07, 6.45) is 7.04. The molecule has 1 nitrogen and oxygen atoms in total. The van der Waals surface area contributed by atoms with E-state index >= 15 is 0 Å². The molecule has 1 saturated carbocycles. The second kappa shape index (κ2) is 6.09. The fraction of sp³-hybridized carbons (Fsp3) is 0.667. The first kappa shape index (κ1) is 14.6. The molecule has 0 radical (unpaired) electrons. The van der Waals surface area contributed by atoms with Gasteiger partial charge in [-0.2, -0.15) is 0 Å². The van der Waals surface area contributed by atoms with Gasteiger partial charge in [-0.1, -0.05) is 55.5 Å². The first-order chi connectivity index (χ1) is 8.98. The van der Waals surface area contributed by atoms with Gasteiger partial charge in [0.15, 0.2) is 0 Å². The highest BCUT2D eigenvalue weighted by molar-refractivity contribution is 5.30. The summed E-state index contributed by atoms with van der Waals surface area (Å²) in [6, 6.07) is 7.33. The van der Waals surface area contributed by atoms with Crippen LogP contribution in [-0.4, -0.2) is 6.54 Å². The SMILES string of the molecule is Cc1cc(C)cc(C(C)NCC2(C)CCCCC2)c1. The fourth-order valence-electron chi connectivity index (χ4n) is 3.36. The average molecular weight is 259 g/mol. The Labute approximate surface area is 118 Å². The monoisotopic (exact) mass is 259 g/mol. The highest BCUT2D eigenvalue weighted by Gasteiger charge is 2.26. The van der Waals surface area contributed by atoms with E-state index in [0.29, 0.717) is 11.5 Å². The van der Waals surface area contributed by atoms with E-state index in [1.54, 1.807) is 0 Å². The number of hydrogen-bond donors (Lipinski definition) is 1. The predicted molar refractivity (Wildman–Crippen MR) is 83.5 cm³/mol. The molecule has 1 atom stereocenters. The number of hydrogen-bond acceptors (Lipinski definition) is 1. The standard InChI is InChI=1S/C18H29N/c1-14-10-15(2)12-17(11-14)16(3)19-13-18(4)8-6-5-7-9-18/h10-12,16,19H,5-9,13H2,1-4H3. The molecular formula is C18H29N. The number of rotatable bonds is 4. The van der Waals surface area contributed by atoms with Crippen molar-refractivity contribution < 1.29 is 0 Å². The molecule has 1 unspecified atom stereocenters. The molecule has 1 heteroatoms. The van der Waals surface area contributed by atoms with Crippen LogP contribution in [-0.2, 0) is 0 Å². The Bertz CT molecular complexity index is 395. The molecular weight excluding hydrogens is 230 g/mol. The van der Waals surface area contributed by atoms with Crippen LogP contribution in [0, 0.1) is 19.3 Å². The molecule has 1 fully saturated rings. The quantitative estimate of drug-likeness (QED) is 0.809. The lowest BCUT2D eigenvalue weighted by Gasteiger charge is -2.35. The smallest absolute Gasteiger partial charge is 0.0292 e. The summed E-state index contributed by atoms with van der Waals surface area (Å²) in [7, 11) is 0. The number of nitrogens with one attached hydrogen (secondary N) is 1. The summed E-state index contributed by atoms with van der Waals surface area (Å²) in [5.41, 5.74) is 4.68. The van der Waals surface area contributed by atoms with E-state index in [0.717, 1.165) is 6.54 Å². The Kier molecular flexibility index (Phi) is 4.67. The van der Waals surface area contributed by atoms with Crippen molar-refractivity contribution in [3.05, 3.63) is 34.9 Å². The minimum absolute atomic E-state index is 0.456. The van der Waals surface area contributed by atoms with Crippen LogP contribution in [0.1, 0.15) is 68.7 Å². The molecule has 1 aromatic rings. The predicted octanol–water partition coefficient (Wildman–Crippen LogP) is 4.92. The maximum absolute atomic E-state index is 3.76. The van der Waals surface area contributed by atoms with Crippen molar-refractivity contribution in [2.75, 3.05) is 6.54 Å². The summed E-state index contributed by atoms with van der Waals surface area (Å²) in [5, 5.41) is 3.76. The van der Waals surface area contributed by atoms with Gasteiger partial charge < -0.3 is 5.32 Å². The minimum atomic E-state index is 0.456. The molecule has 0 amide bonds. The maximum atomic E-state index is 3.76. The molecule has 0 bridgehead atoms. The first-order valence-electron chi connectivity index (χ1n) is 7.80. The highest BCUT2D eigenvalue weighted by Crippen LogP contribution is 2.35. The Morgan fingerprint density at radius 2 is 1.63 bits per heavy atom. The van der Waals surface area contributed by atoms with E-state index in [2.05, 4.69) is 51.2 Å². The van der Waals surface area contributed by atoms with Crippen LogP contribution >= 0.6 is 0 Å². The Hall–Kier alpha value is -0.820.